The average Bonchev–Trinajstić information content (AvgIpc) is 2.59. The summed E-state index contributed by atoms with van der Waals surface area (Å²) in [5, 5.41) is 0. The van der Waals surface area contributed by atoms with Crippen molar-refractivity contribution >= 4 is 10.1 Å². The summed E-state index contributed by atoms with van der Waals surface area (Å²) in [7, 11) is 0.630. The predicted molar refractivity (Wildman–Crippen MR) is 89.3 cm³/mol. The molecule has 0 aliphatic rings. The van der Waals surface area contributed by atoms with Crippen molar-refractivity contribution in [2.45, 2.75) is 18.4 Å². The van der Waals surface area contributed by atoms with Crippen LogP contribution in [0.3, 0.4) is 0 Å². The lowest BCUT2D eigenvalue weighted by Gasteiger charge is -2.14. The fraction of sp³-hybridized carbons (Fsp3) is 0.294. The van der Waals surface area contributed by atoms with Crippen molar-refractivity contribution < 1.29 is 26.8 Å². The Kier molecular flexibility index (Phi) is 5.69. The van der Waals surface area contributed by atoms with E-state index in [0.29, 0.717) is 22.8 Å². The minimum Gasteiger partial charge on any atom is -0.496 e. The maximum atomic E-state index is 12.3. The van der Waals surface area contributed by atoms with Crippen LogP contribution in [0.4, 0.5) is 0 Å². The van der Waals surface area contributed by atoms with Crippen molar-refractivity contribution in [3.05, 3.63) is 47.5 Å². The molecule has 0 heterocycles. The Morgan fingerprint density at radius 3 is 1.92 bits per heavy atom. The van der Waals surface area contributed by atoms with Crippen LogP contribution >= 0.6 is 0 Å². The largest absolute Gasteiger partial charge is 0.496 e. The summed E-state index contributed by atoms with van der Waals surface area (Å²) < 4.78 is 45.4. The molecule has 0 fully saturated rings. The Labute approximate surface area is 142 Å². The lowest BCUT2D eigenvalue weighted by molar-refractivity contribution is 0.295. The molecule has 0 atom stereocenters. The highest BCUT2D eigenvalue weighted by Crippen LogP contribution is 2.35. The zero-order valence-electron chi connectivity index (χ0n) is 14.0. The van der Waals surface area contributed by atoms with E-state index in [2.05, 4.69) is 0 Å². The lowest BCUT2D eigenvalue weighted by atomic mass is 10.2. The van der Waals surface area contributed by atoms with Gasteiger partial charge in [0.25, 0.3) is 10.1 Å². The van der Waals surface area contributed by atoms with Gasteiger partial charge in [0.05, 0.1) is 32.8 Å². The van der Waals surface area contributed by atoms with Crippen LogP contribution in [0.15, 0.2) is 41.3 Å². The van der Waals surface area contributed by atoms with Crippen molar-refractivity contribution in [2.75, 3.05) is 21.3 Å². The standard InChI is InChI=1S/C17H20O6S/c1-12-5-7-14(8-6-12)24(18,19)23-11-13-9-16(21-3)17(22-4)10-15(13)20-2/h5-10H,11H2,1-4H3. The van der Waals surface area contributed by atoms with E-state index < -0.39 is 10.1 Å². The van der Waals surface area contributed by atoms with Gasteiger partial charge >= 0.3 is 0 Å². The van der Waals surface area contributed by atoms with Gasteiger partial charge in [0, 0.05) is 11.6 Å². The molecule has 0 saturated heterocycles. The Balaban J connectivity index is 2.26. The molecule has 0 saturated carbocycles. The second kappa shape index (κ2) is 7.55. The van der Waals surface area contributed by atoms with Gasteiger partial charge in [-0.2, -0.15) is 8.42 Å². The molecule has 6 nitrogen and oxygen atoms in total. The van der Waals surface area contributed by atoms with Crippen LogP contribution in [-0.4, -0.2) is 29.7 Å². The second-order valence-electron chi connectivity index (χ2n) is 5.05. The van der Waals surface area contributed by atoms with Gasteiger partial charge in [-0.05, 0) is 25.1 Å². The van der Waals surface area contributed by atoms with E-state index in [0.717, 1.165) is 5.56 Å². The molecule has 0 aromatic heterocycles. The SMILES string of the molecule is COc1cc(OC)c(OC)cc1COS(=O)(=O)c1ccc(C)cc1. The van der Waals surface area contributed by atoms with Gasteiger partial charge in [-0.3, -0.25) is 4.18 Å². The summed E-state index contributed by atoms with van der Waals surface area (Å²) in [6, 6.07) is 9.70. The zero-order chi connectivity index (χ0) is 17.7. The molecule has 0 bridgehead atoms. The first-order chi connectivity index (χ1) is 11.4. The highest BCUT2D eigenvalue weighted by Gasteiger charge is 2.18. The van der Waals surface area contributed by atoms with E-state index in [1.54, 1.807) is 24.3 Å². The van der Waals surface area contributed by atoms with E-state index in [4.69, 9.17) is 18.4 Å². The Morgan fingerprint density at radius 1 is 0.833 bits per heavy atom. The Hall–Kier alpha value is -2.25. The van der Waals surface area contributed by atoms with Crippen molar-refractivity contribution in [3.8, 4) is 17.2 Å². The van der Waals surface area contributed by atoms with E-state index in [-0.39, 0.29) is 11.5 Å². The van der Waals surface area contributed by atoms with Gasteiger partial charge in [-0.1, -0.05) is 17.7 Å². The Bertz CT molecular complexity index is 797. The van der Waals surface area contributed by atoms with E-state index in [9.17, 15) is 8.42 Å². The summed E-state index contributed by atoms with van der Waals surface area (Å²) in [6.07, 6.45) is 0. The monoisotopic (exact) mass is 352 g/mol. The van der Waals surface area contributed by atoms with Crippen molar-refractivity contribution in [1.82, 2.24) is 0 Å². The molecular weight excluding hydrogens is 332 g/mol. The third kappa shape index (κ3) is 3.98. The first-order valence-corrected chi connectivity index (χ1v) is 8.57. The molecule has 0 amide bonds. The number of hydrogen-bond acceptors (Lipinski definition) is 6. The van der Waals surface area contributed by atoms with Crippen molar-refractivity contribution in [2.24, 2.45) is 0 Å². The van der Waals surface area contributed by atoms with E-state index in [1.807, 2.05) is 6.92 Å². The minimum atomic E-state index is -3.86. The number of methoxy groups -OCH3 is 3. The molecule has 2 aromatic carbocycles. The number of aryl methyl sites for hydroxylation is 1. The summed E-state index contributed by atoms with van der Waals surface area (Å²) >= 11 is 0. The van der Waals surface area contributed by atoms with Gasteiger partial charge in [-0.15, -0.1) is 0 Å². The molecule has 7 heteroatoms. The minimum absolute atomic E-state index is 0.104. The third-order valence-corrected chi connectivity index (χ3v) is 4.74. The van der Waals surface area contributed by atoms with Gasteiger partial charge in [-0.25, -0.2) is 0 Å². The van der Waals surface area contributed by atoms with Gasteiger partial charge in [0.2, 0.25) is 0 Å². The highest BCUT2D eigenvalue weighted by atomic mass is 32.2. The lowest BCUT2D eigenvalue weighted by Crippen LogP contribution is -2.07. The molecule has 0 spiro atoms. The van der Waals surface area contributed by atoms with Crippen LogP contribution in [0, 0.1) is 6.92 Å². The van der Waals surface area contributed by atoms with Gasteiger partial charge in [0.1, 0.15) is 5.75 Å². The molecule has 0 radical (unpaired) electrons. The molecule has 24 heavy (non-hydrogen) atoms. The summed E-state index contributed by atoms with van der Waals surface area (Å²) in [4.78, 5) is 0.104. The van der Waals surface area contributed by atoms with Crippen molar-refractivity contribution in [1.29, 1.82) is 0 Å². The quantitative estimate of drug-likeness (QED) is 0.714. The first kappa shape index (κ1) is 18.1. The van der Waals surface area contributed by atoms with E-state index in [1.165, 1.54) is 33.5 Å². The van der Waals surface area contributed by atoms with Crippen LogP contribution in [0.25, 0.3) is 0 Å². The highest BCUT2D eigenvalue weighted by molar-refractivity contribution is 7.86. The van der Waals surface area contributed by atoms with Gasteiger partial charge < -0.3 is 14.2 Å². The van der Waals surface area contributed by atoms with Gasteiger partial charge in [0.15, 0.2) is 11.5 Å². The molecule has 0 aliphatic heterocycles. The summed E-state index contributed by atoms with van der Waals surface area (Å²) in [6.45, 7) is 1.70. The maximum absolute atomic E-state index is 12.3. The first-order valence-electron chi connectivity index (χ1n) is 7.16. The number of hydrogen-bond donors (Lipinski definition) is 0. The van der Waals surface area contributed by atoms with Crippen LogP contribution in [0.1, 0.15) is 11.1 Å². The number of rotatable bonds is 7. The topological polar surface area (TPSA) is 71.1 Å². The molecule has 0 aliphatic carbocycles. The van der Waals surface area contributed by atoms with Crippen LogP contribution in [-0.2, 0) is 20.9 Å². The maximum Gasteiger partial charge on any atom is 0.297 e. The molecular formula is C17H20O6S. The Morgan fingerprint density at radius 2 is 1.38 bits per heavy atom. The molecule has 0 N–H and O–H groups in total. The fourth-order valence-corrected chi connectivity index (χ4v) is 3.01. The molecule has 2 aromatic rings. The summed E-state index contributed by atoms with van der Waals surface area (Å²) in [5.41, 5.74) is 1.50. The molecule has 2 rings (SSSR count). The van der Waals surface area contributed by atoms with Crippen LogP contribution < -0.4 is 14.2 Å². The van der Waals surface area contributed by atoms with E-state index >= 15 is 0 Å². The summed E-state index contributed by atoms with van der Waals surface area (Å²) in [5.74, 6) is 1.40. The number of benzene rings is 2. The number of ether oxygens (including phenoxy) is 3. The predicted octanol–water partition coefficient (Wildman–Crippen LogP) is 2.93. The molecule has 130 valence electrons. The smallest absolute Gasteiger partial charge is 0.297 e. The zero-order valence-corrected chi connectivity index (χ0v) is 14.8. The van der Waals surface area contributed by atoms with Crippen LogP contribution in [0.5, 0.6) is 17.2 Å². The fourth-order valence-electron chi connectivity index (χ4n) is 2.12. The second-order valence-corrected chi connectivity index (χ2v) is 6.66. The average molecular weight is 352 g/mol. The third-order valence-electron chi connectivity index (χ3n) is 3.47. The normalized spacial score (nSPS) is 11.2. The van der Waals surface area contributed by atoms with Crippen LogP contribution in [0.2, 0.25) is 0 Å². The van der Waals surface area contributed by atoms with Crippen molar-refractivity contribution in [3.63, 3.8) is 0 Å². The molecule has 0 unspecified atom stereocenters.